The summed E-state index contributed by atoms with van der Waals surface area (Å²) < 4.78 is 28.0. The van der Waals surface area contributed by atoms with E-state index in [-0.39, 0.29) is 23.9 Å². The molecule has 0 saturated carbocycles. The first kappa shape index (κ1) is 29.6. The largest absolute Gasteiger partial charge is 0.504 e. The highest BCUT2D eigenvalue weighted by Crippen LogP contribution is 2.37. The zero-order valence-electron chi connectivity index (χ0n) is 21.0. The molecular weight excluding hydrogens is 504 g/mol. The third-order valence-corrected chi connectivity index (χ3v) is 6.06. The monoisotopic (exact) mass is 538 g/mol. The smallest absolute Gasteiger partial charge is 0.187 e. The maximum atomic E-state index is 10.5. The highest BCUT2D eigenvalue weighted by atomic mass is 16.7. The lowest BCUT2D eigenvalue weighted by atomic mass is 9.98. The van der Waals surface area contributed by atoms with Crippen molar-refractivity contribution in [1.29, 1.82) is 0 Å². The summed E-state index contributed by atoms with van der Waals surface area (Å²) in [5.41, 5.74) is 1.01. The summed E-state index contributed by atoms with van der Waals surface area (Å²) in [6.07, 6.45) is -6.92. The first-order valence-electron chi connectivity index (χ1n) is 11.8. The molecule has 0 bridgehead atoms. The third kappa shape index (κ3) is 6.73. The van der Waals surface area contributed by atoms with Crippen LogP contribution in [-0.4, -0.2) is 107 Å². The van der Waals surface area contributed by atoms with Crippen molar-refractivity contribution in [3.8, 4) is 23.0 Å². The van der Waals surface area contributed by atoms with E-state index in [9.17, 15) is 30.6 Å². The van der Waals surface area contributed by atoms with Gasteiger partial charge in [-0.15, -0.1) is 0 Å². The molecule has 38 heavy (non-hydrogen) atoms. The highest BCUT2D eigenvalue weighted by molar-refractivity contribution is 5.56. The molecule has 12 heteroatoms. The number of hydrogen-bond donors (Lipinski definition) is 7. The van der Waals surface area contributed by atoms with Gasteiger partial charge in [-0.1, -0.05) is 24.3 Å². The summed E-state index contributed by atoms with van der Waals surface area (Å²) in [5, 5.41) is 70.1. The molecule has 3 rings (SSSR count). The molecule has 1 aliphatic heterocycles. The Bertz CT molecular complexity index is 1060. The Morgan fingerprint density at radius 1 is 0.895 bits per heavy atom. The number of hydrogen-bond acceptors (Lipinski definition) is 12. The van der Waals surface area contributed by atoms with Crippen molar-refractivity contribution in [1.82, 2.24) is 0 Å². The predicted molar refractivity (Wildman–Crippen MR) is 133 cm³/mol. The van der Waals surface area contributed by atoms with Crippen LogP contribution in [0.4, 0.5) is 0 Å². The van der Waals surface area contributed by atoms with Crippen molar-refractivity contribution in [2.24, 2.45) is 0 Å². The standard InChI is InChI=1S/C26H34O12/c1-34-17-8-6-15(11-16(17)30)25(38-26-24(33)23(32)22(31)20(12-28)37-26)21(13-29)36-18-7-5-14(4-3-9-27)10-19(18)35-2/h3-8,10-11,20-33H,9,12-13H2,1-2H3. The maximum absolute atomic E-state index is 10.5. The molecule has 12 nitrogen and oxygen atoms in total. The molecular formula is C26H34O12. The average Bonchev–Trinajstić information content (AvgIpc) is 2.93. The van der Waals surface area contributed by atoms with Gasteiger partial charge >= 0.3 is 0 Å². The van der Waals surface area contributed by atoms with Crippen molar-refractivity contribution in [2.45, 2.75) is 42.9 Å². The van der Waals surface area contributed by atoms with Crippen LogP contribution in [0.3, 0.4) is 0 Å². The first-order chi connectivity index (χ1) is 18.3. The van der Waals surface area contributed by atoms with E-state index < -0.39 is 56.1 Å². The van der Waals surface area contributed by atoms with Crippen LogP contribution < -0.4 is 14.2 Å². The summed E-state index contributed by atoms with van der Waals surface area (Å²) in [6.45, 7) is -1.41. The van der Waals surface area contributed by atoms with Gasteiger partial charge in [-0.2, -0.15) is 0 Å². The minimum atomic E-state index is -1.71. The SMILES string of the molecule is COc1ccc(C(OC2OC(CO)C(O)C(O)C2O)C(CO)Oc2ccc(C=CCO)cc2OC)cc1O. The van der Waals surface area contributed by atoms with Crippen LogP contribution in [0, 0.1) is 0 Å². The van der Waals surface area contributed by atoms with Gasteiger partial charge in [0, 0.05) is 0 Å². The van der Waals surface area contributed by atoms with Crippen molar-refractivity contribution >= 4 is 6.08 Å². The Balaban J connectivity index is 1.97. The molecule has 2 aromatic carbocycles. The Hall–Kier alpha value is -2.94. The summed E-state index contributed by atoms with van der Waals surface area (Å²) >= 11 is 0. The number of rotatable bonds is 12. The van der Waals surface area contributed by atoms with E-state index in [4.69, 9.17) is 28.8 Å². The quantitative estimate of drug-likeness (QED) is 0.187. The Labute approximate surface area is 219 Å². The van der Waals surface area contributed by atoms with Crippen LogP contribution >= 0.6 is 0 Å². The second-order valence-corrected chi connectivity index (χ2v) is 8.52. The predicted octanol–water partition coefficient (Wildman–Crippen LogP) is -0.288. The van der Waals surface area contributed by atoms with Crippen LogP contribution in [-0.2, 0) is 9.47 Å². The molecule has 0 aromatic heterocycles. The third-order valence-electron chi connectivity index (χ3n) is 6.06. The van der Waals surface area contributed by atoms with Gasteiger partial charge in [-0.25, -0.2) is 0 Å². The molecule has 7 atom stereocenters. The van der Waals surface area contributed by atoms with Gasteiger partial charge in [0.1, 0.15) is 30.5 Å². The lowest BCUT2D eigenvalue weighted by molar-refractivity contribution is -0.318. The molecule has 2 aromatic rings. The van der Waals surface area contributed by atoms with E-state index in [0.717, 1.165) is 5.56 Å². The second-order valence-electron chi connectivity index (χ2n) is 8.52. The number of aliphatic hydroxyl groups is 6. The molecule has 7 N–H and O–H groups in total. The molecule has 1 heterocycles. The Morgan fingerprint density at radius 3 is 2.21 bits per heavy atom. The van der Waals surface area contributed by atoms with Gasteiger partial charge in [0.15, 0.2) is 35.4 Å². The average molecular weight is 539 g/mol. The number of ether oxygens (including phenoxy) is 5. The fraction of sp³-hybridized carbons (Fsp3) is 0.462. The summed E-state index contributed by atoms with van der Waals surface area (Å²) in [5.74, 6) is 0.484. The number of aromatic hydroxyl groups is 1. The minimum Gasteiger partial charge on any atom is -0.504 e. The molecule has 0 radical (unpaired) electrons. The van der Waals surface area contributed by atoms with Crippen LogP contribution in [0.5, 0.6) is 23.0 Å². The lowest BCUT2D eigenvalue weighted by Gasteiger charge is -2.41. The van der Waals surface area contributed by atoms with Gasteiger partial charge < -0.3 is 59.4 Å². The molecule has 7 unspecified atom stereocenters. The summed E-state index contributed by atoms with van der Waals surface area (Å²) in [7, 11) is 2.81. The number of phenolic OH excluding ortho intramolecular Hbond substituents is 1. The molecule has 0 amide bonds. The Morgan fingerprint density at radius 2 is 1.61 bits per heavy atom. The maximum Gasteiger partial charge on any atom is 0.187 e. The van der Waals surface area contributed by atoms with Crippen molar-refractivity contribution in [3.05, 3.63) is 53.6 Å². The molecule has 1 fully saturated rings. The van der Waals surface area contributed by atoms with Gasteiger partial charge in [0.25, 0.3) is 0 Å². The zero-order chi connectivity index (χ0) is 27.8. The van der Waals surface area contributed by atoms with E-state index in [0.29, 0.717) is 11.3 Å². The van der Waals surface area contributed by atoms with Gasteiger partial charge in [0.2, 0.25) is 0 Å². The van der Waals surface area contributed by atoms with Crippen LogP contribution in [0.1, 0.15) is 17.2 Å². The van der Waals surface area contributed by atoms with Gasteiger partial charge in [0.05, 0.1) is 34.0 Å². The fourth-order valence-corrected chi connectivity index (χ4v) is 4.02. The number of aliphatic hydroxyl groups excluding tert-OH is 6. The van der Waals surface area contributed by atoms with Crippen molar-refractivity contribution in [3.63, 3.8) is 0 Å². The summed E-state index contributed by atoms with van der Waals surface area (Å²) in [4.78, 5) is 0. The summed E-state index contributed by atoms with van der Waals surface area (Å²) in [6, 6.07) is 9.27. The molecule has 210 valence electrons. The molecule has 0 spiro atoms. The molecule has 1 aliphatic rings. The normalized spacial score (nSPS) is 25.2. The van der Waals surface area contributed by atoms with E-state index >= 15 is 0 Å². The van der Waals surface area contributed by atoms with Crippen LogP contribution in [0.2, 0.25) is 0 Å². The van der Waals surface area contributed by atoms with E-state index in [2.05, 4.69) is 0 Å². The second kappa shape index (κ2) is 13.7. The van der Waals surface area contributed by atoms with Gasteiger partial charge in [-0.3, -0.25) is 0 Å². The van der Waals surface area contributed by atoms with Crippen molar-refractivity contribution < 1.29 is 59.4 Å². The Kier molecular flexibility index (Phi) is 10.7. The topological polar surface area (TPSA) is 188 Å². The van der Waals surface area contributed by atoms with Crippen molar-refractivity contribution in [2.75, 3.05) is 34.0 Å². The highest BCUT2D eigenvalue weighted by Gasteiger charge is 2.46. The number of methoxy groups -OCH3 is 2. The van der Waals surface area contributed by atoms with Gasteiger partial charge in [-0.05, 0) is 35.4 Å². The fourth-order valence-electron chi connectivity index (χ4n) is 4.02. The van der Waals surface area contributed by atoms with E-state index in [1.54, 1.807) is 36.4 Å². The molecule has 1 saturated heterocycles. The van der Waals surface area contributed by atoms with Crippen LogP contribution in [0.25, 0.3) is 6.08 Å². The van der Waals surface area contributed by atoms with Crippen LogP contribution in [0.15, 0.2) is 42.5 Å². The lowest BCUT2D eigenvalue weighted by Crippen LogP contribution is -2.59. The van der Waals surface area contributed by atoms with E-state index in [1.807, 2.05) is 0 Å². The number of benzene rings is 2. The molecule has 0 aliphatic carbocycles. The van der Waals surface area contributed by atoms with E-state index in [1.165, 1.54) is 26.4 Å². The minimum absolute atomic E-state index is 0.140. The zero-order valence-corrected chi connectivity index (χ0v) is 21.0. The first-order valence-corrected chi connectivity index (χ1v) is 11.8. The number of phenols is 1.